The summed E-state index contributed by atoms with van der Waals surface area (Å²) in [7, 11) is -1.90. The smallest absolute Gasteiger partial charge is 0.263 e. The first kappa shape index (κ1) is 20.0. The maximum atomic E-state index is 13.3. The minimum Gasteiger partial charge on any atom is -0.350 e. The van der Waals surface area contributed by atoms with Crippen molar-refractivity contribution in [3.05, 3.63) is 70.0 Å². The van der Waals surface area contributed by atoms with Crippen LogP contribution < -0.4 is 10.3 Å². The van der Waals surface area contributed by atoms with Gasteiger partial charge in [0.1, 0.15) is 5.56 Å². The highest BCUT2D eigenvalue weighted by molar-refractivity contribution is 7.89. The van der Waals surface area contributed by atoms with Crippen molar-refractivity contribution in [2.45, 2.75) is 24.2 Å². The van der Waals surface area contributed by atoms with Gasteiger partial charge in [-0.25, -0.2) is 8.42 Å². The highest BCUT2D eigenvalue weighted by Gasteiger charge is 2.30. The largest absolute Gasteiger partial charge is 0.350 e. The Balaban J connectivity index is 1.61. The van der Waals surface area contributed by atoms with Gasteiger partial charge in [-0.3, -0.25) is 9.59 Å². The third kappa shape index (κ3) is 3.18. The van der Waals surface area contributed by atoms with Crippen LogP contribution in [0.3, 0.4) is 0 Å². The number of carbonyl (C=O) groups excluding carboxylic acids is 1. The lowest BCUT2D eigenvalue weighted by atomic mass is 10.1. The summed E-state index contributed by atoms with van der Waals surface area (Å²) in [5.74, 6) is -0.361. The van der Waals surface area contributed by atoms with Crippen molar-refractivity contribution < 1.29 is 13.2 Å². The van der Waals surface area contributed by atoms with Gasteiger partial charge >= 0.3 is 0 Å². The monoisotopic (exact) mass is 437 g/mol. The van der Waals surface area contributed by atoms with Crippen molar-refractivity contribution in [2.75, 3.05) is 24.5 Å². The number of pyridine rings is 1. The minimum absolute atomic E-state index is 0.0439. The van der Waals surface area contributed by atoms with Gasteiger partial charge in [0, 0.05) is 44.0 Å². The zero-order valence-corrected chi connectivity index (χ0v) is 18.1. The van der Waals surface area contributed by atoms with E-state index in [4.69, 9.17) is 0 Å². The van der Waals surface area contributed by atoms with E-state index >= 15 is 0 Å². The van der Waals surface area contributed by atoms with Gasteiger partial charge in [0.25, 0.3) is 5.91 Å². The van der Waals surface area contributed by atoms with E-state index in [0.717, 1.165) is 30.5 Å². The Hall–Kier alpha value is -2.97. The number of sulfonamides is 1. The van der Waals surface area contributed by atoms with Crippen LogP contribution in [-0.2, 0) is 23.5 Å². The molecule has 160 valence electrons. The Kier molecular flexibility index (Phi) is 4.71. The molecule has 8 heteroatoms. The second-order valence-electron chi connectivity index (χ2n) is 8.11. The van der Waals surface area contributed by atoms with Gasteiger partial charge in [-0.05, 0) is 49.1 Å². The summed E-state index contributed by atoms with van der Waals surface area (Å²) >= 11 is 0. The molecule has 5 rings (SSSR count). The number of aromatic nitrogens is 1. The number of para-hydroxylation sites is 1. The molecule has 0 radical (unpaired) electrons. The van der Waals surface area contributed by atoms with Crippen molar-refractivity contribution >= 4 is 32.5 Å². The van der Waals surface area contributed by atoms with Crippen LogP contribution >= 0.6 is 0 Å². The standard InChI is InChI=1S/C23H23N3O4S/c1-24-15-19(23(28)26-13-10-16-6-2-3-7-20(16)26)22(27)18-14-17(8-9-21(18)24)31(29,30)25-11-4-5-12-25/h2-3,6-9,14-15H,4-5,10-13H2,1H3. The summed E-state index contributed by atoms with van der Waals surface area (Å²) < 4.78 is 29.1. The predicted octanol–water partition coefficient (Wildman–Crippen LogP) is 2.53. The number of amides is 1. The average molecular weight is 438 g/mol. The first-order valence-electron chi connectivity index (χ1n) is 10.4. The fraction of sp³-hybridized carbons (Fsp3) is 0.304. The third-order valence-corrected chi connectivity index (χ3v) is 8.12. The predicted molar refractivity (Wildman–Crippen MR) is 119 cm³/mol. The lowest BCUT2D eigenvalue weighted by Crippen LogP contribution is -2.33. The van der Waals surface area contributed by atoms with Gasteiger partial charge in [-0.2, -0.15) is 4.31 Å². The average Bonchev–Trinajstić information content (AvgIpc) is 3.46. The molecule has 0 spiro atoms. The molecule has 0 unspecified atom stereocenters. The first-order valence-corrected chi connectivity index (χ1v) is 11.9. The molecule has 1 fully saturated rings. The molecule has 0 saturated carbocycles. The Morgan fingerprint density at radius 2 is 1.74 bits per heavy atom. The van der Waals surface area contributed by atoms with Crippen LogP contribution in [-0.4, -0.2) is 42.8 Å². The quantitative estimate of drug-likeness (QED) is 0.631. The number of benzene rings is 2. The van der Waals surface area contributed by atoms with Crippen molar-refractivity contribution in [2.24, 2.45) is 7.05 Å². The highest BCUT2D eigenvalue weighted by Crippen LogP contribution is 2.29. The van der Waals surface area contributed by atoms with E-state index in [9.17, 15) is 18.0 Å². The Bertz CT molecular complexity index is 1370. The second-order valence-corrected chi connectivity index (χ2v) is 10.0. The van der Waals surface area contributed by atoms with Crippen LogP contribution in [0.4, 0.5) is 5.69 Å². The molecule has 0 N–H and O–H groups in total. The zero-order chi connectivity index (χ0) is 21.8. The molecule has 3 heterocycles. The van der Waals surface area contributed by atoms with E-state index in [1.54, 1.807) is 28.8 Å². The molecule has 3 aromatic rings. The Labute approximate surface area is 180 Å². The minimum atomic E-state index is -3.66. The third-order valence-electron chi connectivity index (χ3n) is 6.23. The number of fused-ring (bicyclic) bond motifs is 2. The molecule has 1 amide bonds. The van der Waals surface area contributed by atoms with Crippen molar-refractivity contribution in [1.29, 1.82) is 0 Å². The van der Waals surface area contributed by atoms with E-state index in [-0.39, 0.29) is 21.8 Å². The highest BCUT2D eigenvalue weighted by atomic mass is 32.2. The molecule has 1 aromatic heterocycles. The SMILES string of the molecule is Cn1cc(C(=O)N2CCc3ccccc32)c(=O)c2cc(S(=O)(=O)N3CCCC3)ccc21. The normalized spacial score (nSPS) is 16.7. The second kappa shape index (κ2) is 7.32. The zero-order valence-electron chi connectivity index (χ0n) is 17.2. The summed E-state index contributed by atoms with van der Waals surface area (Å²) in [4.78, 5) is 28.3. The van der Waals surface area contributed by atoms with Crippen molar-refractivity contribution in [3.63, 3.8) is 0 Å². The molecule has 2 aromatic carbocycles. The summed E-state index contributed by atoms with van der Waals surface area (Å²) in [5, 5.41) is 0.237. The van der Waals surface area contributed by atoms with Crippen molar-refractivity contribution in [1.82, 2.24) is 8.87 Å². The molecule has 0 atom stereocenters. The molecular weight excluding hydrogens is 414 g/mol. The van der Waals surface area contributed by atoms with Gasteiger partial charge in [-0.15, -0.1) is 0 Å². The Morgan fingerprint density at radius 3 is 2.52 bits per heavy atom. The maximum Gasteiger partial charge on any atom is 0.263 e. The van der Waals surface area contributed by atoms with E-state index in [0.29, 0.717) is 25.2 Å². The van der Waals surface area contributed by atoms with Crippen LogP contribution in [0.15, 0.2) is 58.4 Å². The number of hydrogen-bond donors (Lipinski definition) is 0. The molecule has 2 aliphatic rings. The van der Waals surface area contributed by atoms with E-state index in [1.165, 1.54) is 16.4 Å². The maximum absolute atomic E-state index is 13.3. The Morgan fingerprint density at radius 1 is 1.00 bits per heavy atom. The van der Waals surface area contributed by atoms with Gasteiger partial charge in [0.2, 0.25) is 15.5 Å². The molecule has 31 heavy (non-hydrogen) atoms. The van der Waals surface area contributed by atoms with Crippen LogP contribution in [0.1, 0.15) is 28.8 Å². The fourth-order valence-corrected chi connectivity index (χ4v) is 6.10. The number of nitrogens with zero attached hydrogens (tertiary/aromatic N) is 3. The number of rotatable bonds is 3. The number of anilines is 1. The molecule has 1 saturated heterocycles. The molecule has 2 aliphatic heterocycles. The lowest BCUT2D eigenvalue weighted by molar-refractivity contribution is 0.0988. The summed E-state index contributed by atoms with van der Waals surface area (Å²) in [6.07, 6.45) is 3.96. The van der Waals surface area contributed by atoms with Gasteiger partial charge in [0.15, 0.2) is 0 Å². The van der Waals surface area contributed by atoms with Crippen LogP contribution in [0, 0.1) is 0 Å². The number of aryl methyl sites for hydroxylation is 1. The van der Waals surface area contributed by atoms with E-state index in [2.05, 4.69) is 0 Å². The van der Waals surface area contributed by atoms with Crippen LogP contribution in [0.5, 0.6) is 0 Å². The van der Waals surface area contributed by atoms with Gasteiger partial charge < -0.3 is 9.47 Å². The molecule has 7 nitrogen and oxygen atoms in total. The molecular formula is C23H23N3O4S. The van der Waals surface area contributed by atoms with Crippen LogP contribution in [0.2, 0.25) is 0 Å². The summed E-state index contributed by atoms with van der Waals surface area (Å²) in [5.41, 5.74) is 2.08. The fourth-order valence-electron chi connectivity index (χ4n) is 4.56. The molecule has 0 bridgehead atoms. The van der Waals surface area contributed by atoms with E-state index in [1.807, 2.05) is 24.3 Å². The number of hydrogen-bond acceptors (Lipinski definition) is 4. The van der Waals surface area contributed by atoms with Crippen molar-refractivity contribution in [3.8, 4) is 0 Å². The van der Waals surface area contributed by atoms with Gasteiger partial charge in [0.05, 0.1) is 10.4 Å². The van der Waals surface area contributed by atoms with Crippen LogP contribution in [0.25, 0.3) is 10.9 Å². The lowest BCUT2D eigenvalue weighted by Gasteiger charge is -2.19. The number of carbonyl (C=O) groups is 1. The molecule has 0 aliphatic carbocycles. The summed E-state index contributed by atoms with van der Waals surface area (Å²) in [6.45, 7) is 1.50. The van der Waals surface area contributed by atoms with Gasteiger partial charge in [-0.1, -0.05) is 18.2 Å². The topological polar surface area (TPSA) is 79.7 Å². The first-order chi connectivity index (χ1) is 14.9. The van der Waals surface area contributed by atoms with E-state index < -0.39 is 15.5 Å². The summed E-state index contributed by atoms with van der Waals surface area (Å²) in [6, 6.07) is 12.3.